The maximum absolute atomic E-state index is 14.6. The number of H-pyrrole nitrogens is 1. The Hall–Kier alpha value is -20.1. The van der Waals surface area contributed by atoms with Gasteiger partial charge in [0, 0.05) is 77.2 Å². The van der Waals surface area contributed by atoms with E-state index in [0.29, 0.717) is 105 Å². The summed E-state index contributed by atoms with van der Waals surface area (Å²) in [6.45, 7) is 1.00. The lowest BCUT2D eigenvalue weighted by molar-refractivity contribution is -0.137. The van der Waals surface area contributed by atoms with Gasteiger partial charge in [-0.2, -0.15) is 34.2 Å². The molecule has 742 valence electrons. The first-order valence-corrected chi connectivity index (χ1v) is 46.0. The van der Waals surface area contributed by atoms with Crippen molar-refractivity contribution in [2.75, 3.05) is 0 Å². The van der Waals surface area contributed by atoms with Crippen LogP contribution in [0.5, 0.6) is 0 Å². The molecule has 20 aromatic rings. The van der Waals surface area contributed by atoms with Crippen molar-refractivity contribution in [3.8, 4) is 24.3 Å². The first-order chi connectivity index (χ1) is 72.7. The predicted molar refractivity (Wildman–Crippen MR) is 528 cm³/mol. The van der Waals surface area contributed by atoms with E-state index in [2.05, 4.69) is 85.0 Å². The average molecular weight is 2020 g/mol. The average Bonchev–Trinajstić information content (AvgIpc) is 1.46. The van der Waals surface area contributed by atoms with Crippen molar-refractivity contribution in [2.24, 2.45) is 0 Å². The van der Waals surface area contributed by atoms with Gasteiger partial charge in [-0.1, -0.05) is 158 Å². The summed E-state index contributed by atoms with van der Waals surface area (Å²) in [5.74, 6) is -4.65. The SMILES string of the molecule is N#Cc1ccc(Cn2cnnc2CN(Cc2ccc(C(F)(F)F)cc2)C(=O)c2ccc3ccccc3n2)cc1.N#Cc1ccc(Cn2cnnc2CN(Cc2ccc(F)cc2F)C(=O)c2cc3ccccc3o2)cc1.N#Cc1ccc(Cn2cnnc2CN(Cc2ccc(F)cc2F)C(=O)c2ccc3ccccc3n2)cc1.N#Cc1ccc(Cn2cnnc2CN(Cc2ccc(F)cc2F)C(=O)c2nc3ccccc3[nH]c2=O)cc1. The summed E-state index contributed by atoms with van der Waals surface area (Å²) in [5.41, 5.74) is 7.95. The van der Waals surface area contributed by atoms with E-state index in [-0.39, 0.29) is 91.9 Å². The number of carbonyl (C=O) groups is 4. The van der Waals surface area contributed by atoms with Crippen LogP contribution in [0.4, 0.5) is 39.5 Å². The first-order valence-electron chi connectivity index (χ1n) is 46.0. The van der Waals surface area contributed by atoms with E-state index < -0.39 is 75.8 Å². The zero-order chi connectivity index (χ0) is 105. The lowest BCUT2D eigenvalue weighted by Gasteiger charge is -2.23. The molecule has 39 heteroatoms. The molecule has 0 unspecified atom stereocenters. The van der Waals surface area contributed by atoms with Crippen LogP contribution in [0.3, 0.4) is 0 Å². The van der Waals surface area contributed by atoms with Gasteiger partial charge in [0.15, 0.2) is 34.8 Å². The Morgan fingerprint density at radius 1 is 0.333 bits per heavy atom. The molecule has 0 fully saturated rings. The lowest BCUT2D eigenvalue weighted by atomic mass is 10.1. The van der Waals surface area contributed by atoms with Gasteiger partial charge in [-0.05, 0) is 155 Å². The van der Waals surface area contributed by atoms with Crippen molar-refractivity contribution in [3.63, 3.8) is 0 Å². The van der Waals surface area contributed by atoms with E-state index in [1.54, 1.807) is 164 Å². The molecule has 0 saturated heterocycles. The maximum Gasteiger partial charge on any atom is 0.416 e. The van der Waals surface area contributed by atoms with Crippen LogP contribution in [-0.2, 0) is 84.7 Å². The number of pyridine rings is 2. The number of para-hydroxylation sites is 5. The molecule has 0 aliphatic heterocycles. The minimum absolute atomic E-state index is 0.00295. The molecule has 0 bridgehead atoms. The minimum atomic E-state index is -4.45. The maximum atomic E-state index is 14.6. The molecule has 0 spiro atoms. The molecule has 20 rings (SSSR count). The summed E-state index contributed by atoms with van der Waals surface area (Å²) in [6.07, 6.45) is 1.65. The van der Waals surface area contributed by atoms with Gasteiger partial charge in [0.2, 0.25) is 0 Å². The molecule has 0 aliphatic carbocycles. The molecule has 1 N–H and O–H groups in total. The number of furan rings is 1. The van der Waals surface area contributed by atoms with Gasteiger partial charge >= 0.3 is 6.18 Å². The molecule has 0 saturated carbocycles. The summed E-state index contributed by atoms with van der Waals surface area (Å²) < 4.78 is 136. The number of aromatic amines is 1. The standard InChI is InChI=1S/C29H21F3N6O.C28H20F2N6O.C27H19F2N7O2.C27H19F2N5O2/c30-29(31,32)24-12-9-22(10-13-24)16-37(28(39)26-14-11-23-3-1-2-4-25(23)35-26)18-27-36-34-19-38(27)17-21-7-5-20(15-33)6-8-21;29-23-11-9-22(24(30)13-23)16-35(28(37)26-12-10-21-3-1-2-4-25(21)33-26)17-27-34-32-18-36(27)15-20-7-5-19(14-31)6-8-20;28-20-10-9-19(21(29)11-20)14-35(27(38)25-26(37)33-23-4-2-1-3-22(23)32-25)15-24-34-31-16-36(24)13-18-7-5-17(12-30)6-8-18;28-22-10-9-21(23(29)12-22)15-33(27(35)25-11-20-3-1-2-4-24(20)36-25)16-26-32-31-17-34(26)14-19-7-5-18(13-30)6-8-19/h1-14,19H,16-18H2;1-13,18H,15-17H2;1-11,16H,13-15H2,(H,33,37);1-12,17H,14-16H2. The molecule has 30 nitrogen and oxygen atoms in total. The van der Waals surface area contributed by atoms with Gasteiger partial charge in [-0.3, -0.25) is 24.0 Å². The van der Waals surface area contributed by atoms with Gasteiger partial charge in [0.1, 0.15) is 77.2 Å². The zero-order valence-corrected chi connectivity index (χ0v) is 78.8. The third kappa shape index (κ3) is 25.4. The second kappa shape index (κ2) is 46.5. The number of carbonyl (C=O) groups excluding carboxylic acids is 4. The monoisotopic (exact) mass is 2010 g/mol. The number of hydrogen-bond donors (Lipinski definition) is 1. The van der Waals surface area contributed by atoms with E-state index >= 15 is 0 Å². The van der Waals surface area contributed by atoms with Crippen LogP contribution >= 0.6 is 0 Å². The predicted octanol–water partition coefficient (Wildman–Crippen LogP) is 19.1. The molecule has 8 aromatic heterocycles. The number of hydrogen-bond acceptors (Lipinski definition) is 21. The second-order valence-electron chi connectivity index (χ2n) is 34.1. The van der Waals surface area contributed by atoms with Crippen LogP contribution in [0.2, 0.25) is 0 Å². The highest BCUT2D eigenvalue weighted by atomic mass is 19.4. The van der Waals surface area contributed by atoms with E-state index in [9.17, 15) is 63.5 Å². The molecule has 8 heterocycles. The van der Waals surface area contributed by atoms with Crippen LogP contribution in [0.25, 0.3) is 43.8 Å². The van der Waals surface area contributed by atoms with Gasteiger partial charge in [0.25, 0.3) is 29.2 Å². The van der Waals surface area contributed by atoms with Crippen molar-refractivity contribution < 1.29 is 63.1 Å². The molecule has 0 atom stereocenters. The molecular formula is C111H79F9N24O6. The summed E-state index contributed by atoms with van der Waals surface area (Å²) in [7, 11) is 0. The van der Waals surface area contributed by atoms with E-state index in [4.69, 9.17) is 25.5 Å². The number of halogens is 9. The smallest absolute Gasteiger partial charge is 0.416 e. The number of benzene rings is 12. The third-order valence-electron chi connectivity index (χ3n) is 23.9. The van der Waals surface area contributed by atoms with Crippen molar-refractivity contribution in [1.29, 1.82) is 21.0 Å². The molecule has 12 aromatic carbocycles. The van der Waals surface area contributed by atoms with Crippen LogP contribution in [0.15, 0.2) is 338 Å². The third-order valence-corrected chi connectivity index (χ3v) is 23.9. The normalized spacial score (nSPS) is 11.0. The van der Waals surface area contributed by atoms with Crippen molar-refractivity contribution >= 4 is 67.4 Å². The van der Waals surface area contributed by atoms with Crippen LogP contribution in [-0.4, -0.2) is 122 Å². The highest BCUT2D eigenvalue weighted by Crippen LogP contribution is 2.32. The Morgan fingerprint density at radius 3 is 1.03 bits per heavy atom. The van der Waals surface area contributed by atoms with Gasteiger partial charge in [-0.15, -0.1) is 40.8 Å². The van der Waals surface area contributed by atoms with Crippen molar-refractivity contribution in [2.45, 2.75) is 84.7 Å². The number of nitriles is 4. The Morgan fingerprint density at radius 2 is 0.667 bits per heavy atom. The van der Waals surface area contributed by atoms with Crippen LogP contribution in [0, 0.1) is 80.2 Å². The highest BCUT2D eigenvalue weighted by Gasteiger charge is 2.33. The molecular weight excluding hydrogens is 1940 g/mol. The van der Waals surface area contributed by atoms with Crippen molar-refractivity contribution in [1.82, 2.24) is 98.6 Å². The minimum Gasteiger partial charge on any atom is -0.451 e. The Kier molecular flexibility index (Phi) is 31.5. The summed E-state index contributed by atoms with van der Waals surface area (Å²) in [4.78, 5) is 88.6. The first kappa shape index (κ1) is 101. The molecule has 150 heavy (non-hydrogen) atoms. The topological polar surface area (TPSA) is 384 Å². The fraction of sp³-hybridized carbons (Fsp3) is 0.117. The molecule has 0 radical (unpaired) electrons. The number of aromatic nitrogens is 16. The fourth-order valence-corrected chi connectivity index (χ4v) is 16.0. The van der Waals surface area contributed by atoms with E-state index in [0.717, 1.165) is 86.9 Å². The quantitative estimate of drug-likeness (QED) is 0.0445. The molecule has 4 amide bonds. The Labute approximate surface area is 847 Å². The summed E-state index contributed by atoms with van der Waals surface area (Å²) in [6, 6.07) is 88.1. The zero-order valence-electron chi connectivity index (χ0n) is 78.8. The number of alkyl halides is 3. The van der Waals surface area contributed by atoms with E-state index in [1.807, 2.05) is 91.0 Å². The van der Waals surface area contributed by atoms with Crippen molar-refractivity contribution in [3.05, 3.63) is 492 Å². The van der Waals surface area contributed by atoms with E-state index in [1.165, 1.54) is 62.6 Å². The number of nitrogens with one attached hydrogen (secondary N) is 1. The highest BCUT2D eigenvalue weighted by molar-refractivity contribution is 5.98. The lowest BCUT2D eigenvalue weighted by Crippen LogP contribution is -2.36. The largest absolute Gasteiger partial charge is 0.451 e. The number of amides is 4. The summed E-state index contributed by atoms with van der Waals surface area (Å²) in [5, 5.41) is 71.2. The van der Waals surface area contributed by atoms with Gasteiger partial charge < -0.3 is 47.3 Å². The number of nitrogens with zero attached hydrogens (tertiary/aromatic N) is 23. The number of rotatable bonds is 28. The molecule has 0 aliphatic rings. The summed E-state index contributed by atoms with van der Waals surface area (Å²) >= 11 is 0. The van der Waals surface area contributed by atoms with Crippen LogP contribution in [0.1, 0.15) is 138 Å². The van der Waals surface area contributed by atoms with Gasteiger partial charge in [-0.25, -0.2) is 41.3 Å². The number of fused-ring (bicyclic) bond motifs is 4. The Bertz CT molecular complexity index is 8550. The fourth-order valence-electron chi connectivity index (χ4n) is 16.0. The Balaban J connectivity index is 0.000000136. The van der Waals surface area contributed by atoms with Gasteiger partial charge in [0.05, 0.1) is 127 Å². The second-order valence-corrected chi connectivity index (χ2v) is 34.1. The van der Waals surface area contributed by atoms with Crippen LogP contribution < -0.4 is 5.56 Å².